The lowest BCUT2D eigenvalue weighted by atomic mass is 9.43. The molecule has 0 spiro atoms. The fourth-order valence-electron chi connectivity index (χ4n) is 3.16. The van der Waals surface area contributed by atoms with Gasteiger partial charge in [-0.3, -0.25) is 0 Å². The second kappa shape index (κ2) is 4.30. The molecule has 2 aliphatic rings. The number of hydrogen-bond acceptors (Lipinski definition) is 4. The lowest BCUT2D eigenvalue weighted by Crippen LogP contribution is -2.49. The van der Waals surface area contributed by atoms with E-state index < -0.39 is 20.0 Å². The highest BCUT2D eigenvalue weighted by Gasteiger charge is 2.54. The van der Waals surface area contributed by atoms with Gasteiger partial charge in [-0.1, -0.05) is 36.4 Å². The van der Waals surface area contributed by atoms with Crippen molar-refractivity contribution in [2.24, 2.45) is 0 Å². The molecular formula is C14H12B2O4. The van der Waals surface area contributed by atoms with E-state index in [9.17, 15) is 10.0 Å². The Balaban J connectivity index is 1.95. The maximum absolute atomic E-state index is 10.2. The fourth-order valence-corrected chi connectivity index (χ4v) is 3.16. The summed E-state index contributed by atoms with van der Waals surface area (Å²) in [4.78, 5) is 0. The Morgan fingerprint density at radius 2 is 1.20 bits per heavy atom. The van der Waals surface area contributed by atoms with E-state index in [1.54, 1.807) is 0 Å². The first-order valence-electron chi connectivity index (χ1n) is 6.63. The molecule has 0 aromatic heterocycles. The number of hydrogen-bond donors (Lipinski definition) is 2. The van der Waals surface area contributed by atoms with Gasteiger partial charge >= 0.3 is 14.2 Å². The van der Waals surface area contributed by atoms with Crippen molar-refractivity contribution >= 4 is 14.2 Å². The number of benzene rings is 2. The van der Waals surface area contributed by atoms with Gasteiger partial charge in [-0.2, -0.15) is 0 Å². The van der Waals surface area contributed by atoms with E-state index in [2.05, 4.69) is 0 Å². The summed E-state index contributed by atoms with van der Waals surface area (Å²) in [6.07, 6.45) is 0. The minimum Gasteiger partial charge on any atom is -0.536 e. The van der Waals surface area contributed by atoms with Crippen LogP contribution in [0.25, 0.3) is 0 Å². The number of fused-ring (bicyclic) bond motifs is 5. The van der Waals surface area contributed by atoms with Gasteiger partial charge in [-0.05, 0) is 23.3 Å². The molecule has 6 heteroatoms. The zero-order chi connectivity index (χ0) is 13.7. The van der Waals surface area contributed by atoms with Gasteiger partial charge in [0.25, 0.3) is 0 Å². The highest BCUT2D eigenvalue weighted by atomic mass is 16.5. The van der Waals surface area contributed by atoms with Crippen molar-refractivity contribution in [1.29, 1.82) is 0 Å². The first-order chi connectivity index (χ1) is 9.75. The Hall–Kier alpha value is -1.91. The van der Waals surface area contributed by atoms with Gasteiger partial charge in [0.15, 0.2) is 0 Å². The number of para-hydroxylation sites is 2. The average Bonchev–Trinajstić information content (AvgIpc) is 2.46. The van der Waals surface area contributed by atoms with E-state index in [4.69, 9.17) is 9.31 Å². The maximum atomic E-state index is 10.2. The van der Waals surface area contributed by atoms with Crippen LogP contribution in [0.15, 0.2) is 48.5 Å². The highest BCUT2D eigenvalue weighted by molar-refractivity contribution is 6.68. The molecule has 2 N–H and O–H groups in total. The van der Waals surface area contributed by atoms with Gasteiger partial charge < -0.3 is 19.4 Å². The molecule has 0 aliphatic carbocycles. The minimum absolute atomic E-state index is 0.130. The fraction of sp³-hybridized carbons (Fsp3) is 0.143. The second-order valence-corrected chi connectivity index (χ2v) is 5.15. The van der Waals surface area contributed by atoms with E-state index in [1.165, 1.54) is 0 Å². The van der Waals surface area contributed by atoms with Crippen LogP contribution < -0.4 is 9.31 Å². The molecule has 0 unspecified atom stereocenters. The molecule has 2 aromatic rings. The van der Waals surface area contributed by atoms with Gasteiger partial charge in [0, 0.05) is 5.92 Å². The predicted octanol–water partition coefficient (Wildman–Crippen LogP) is 1.47. The summed E-state index contributed by atoms with van der Waals surface area (Å²) in [6.45, 7) is 0. The molecule has 0 atom stereocenters. The maximum Gasteiger partial charge on any atom is 0.525 e. The van der Waals surface area contributed by atoms with Crippen LogP contribution in [0, 0.1) is 0 Å². The first-order valence-corrected chi connectivity index (χ1v) is 6.63. The zero-order valence-corrected chi connectivity index (χ0v) is 10.6. The molecule has 4 nitrogen and oxygen atoms in total. The first kappa shape index (κ1) is 11.9. The Bertz CT molecular complexity index is 608. The van der Waals surface area contributed by atoms with Gasteiger partial charge in [0.2, 0.25) is 0 Å². The molecule has 0 bridgehead atoms. The van der Waals surface area contributed by atoms with E-state index in [0.29, 0.717) is 11.5 Å². The normalized spacial score (nSPS) is 23.1. The second-order valence-electron chi connectivity index (χ2n) is 5.15. The third-order valence-electron chi connectivity index (χ3n) is 4.05. The molecule has 0 saturated carbocycles. The average molecular weight is 266 g/mol. The van der Waals surface area contributed by atoms with E-state index in [-0.39, 0.29) is 5.92 Å². The van der Waals surface area contributed by atoms with Crippen LogP contribution in [0.4, 0.5) is 0 Å². The van der Waals surface area contributed by atoms with Crippen LogP contribution >= 0.6 is 0 Å². The summed E-state index contributed by atoms with van der Waals surface area (Å²) in [5.41, 5.74) is 1.41. The topological polar surface area (TPSA) is 58.9 Å². The van der Waals surface area contributed by atoms with E-state index in [0.717, 1.165) is 11.1 Å². The minimum atomic E-state index is -1.08. The lowest BCUT2D eigenvalue weighted by Gasteiger charge is -2.39. The van der Waals surface area contributed by atoms with Crippen molar-refractivity contribution < 1.29 is 19.4 Å². The largest absolute Gasteiger partial charge is 0.536 e. The molecule has 4 rings (SSSR count). The molecule has 2 aliphatic heterocycles. The third kappa shape index (κ3) is 1.58. The van der Waals surface area contributed by atoms with Gasteiger partial charge in [-0.15, -0.1) is 0 Å². The Kier molecular flexibility index (Phi) is 2.55. The molecule has 0 amide bonds. The molecular weight excluding hydrogens is 254 g/mol. The smallest absolute Gasteiger partial charge is 0.525 e. The van der Waals surface area contributed by atoms with Crippen molar-refractivity contribution in [3.05, 3.63) is 59.7 Å². The molecule has 2 heterocycles. The summed E-state index contributed by atoms with van der Waals surface area (Å²) in [7, 11) is -2.17. The summed E-state index contributed by atoms with van der Waals surface area (Å²) in [5, 5.41) is 20.4. The number of rotatable bonds is 0. The highest BCUT2D eigenvalue weighted by Crippen LogP contribution is 2.51. The summed E-state index contributed by atoms with van der Waals surface area (Å²) >= 11 is 0. The van der Waals surface area contributed by atoms with Crippen LogP contribution in [0.2, 0.25) is 5.72 Å². The van der Waals surface area contributed by atoms with Crippen molar-refractivity contribution in [2.75, 3.05) is 0 Å². The van der Waals surface area contributed by atoms with Gasteiger partial charge in [0.1, 0.15) is 11.5 Å². The molecule has 0 radical (unpaired) electrons. The van der Waals surface area contributed by atoms with Crippen LogP contribution in [-0.2, 0) is 0 Å². The predicted molar refractivity (Wildman–Crippen MR) is 75.7 cm³/mol. The SMILES string of the molecule is OB1Oc2ccccc2C2c3ccccc3OB(O)C12. The molecule has 98 valence electrons. The molecule has 2 aromatic carbocycles. The Morgan fingerprint density at radius 1 is 0.750 bits per heavy atom. The standard InChI is InChI=1S/C14H12B2O4/c17-15-14-13(9-5-1-3-7-11(9)19-15)10-6-2-4-8-12(10)20-16(14)18/h1-8,13-14,17-18H. The zero-order valence-electron chi connectivity index (χ0n) is 10.6. The monoisotopic (exact) mass is 266 g/mol. The lowest BCUT2D eigenvalue weighted by molar-refractivity contribution is 0.330. The molecule has 0 saturated heterocycles. The van der Waals surface area contributed by atoms with E-state index >= 15 is 0 Å². The Morgan fingerprint density at radius 3 is 1.70 bits per heavy atom. The van der Waals surface area contributed by atoms with Crippen LogP contribution in [0.1, 0.15) is 17.0 Å². The van der Waals surface area contributed by atoms with E-state index in [1.807, 2.05) is 48.5 Å². The van der Waals surface area contributed by atoms with Crippen LogP contribution in [0.5, 0.6) is 11.5 Å². The Labute approximate surface area is 117 Å². The van der Waals surface area contributed by atoms with Crippen LogP contribution in [0.3, 0.4) is 0 Å². The van der Waals surface area contributed by atoms with Crippen molar-refractivity contribution in [2.45, 2.75) is 11.6 Å². The molecule has 0 fully saturated rings. The summed E-state index contributed by atoms with van der Waals surface area (Å²) in [6, 6.07) is 15.2. The van der Waals surface area contributed by atoms with Crippen molar-refractivity contribution in [3.8, 4) is 11.5 Å². The van der Waals surface area contributed by atoms with Crippen molar-refractivity contribution in [3.63, 3.8) is 0 Å². The van der Waals surface area contributed by atoms with Crippen LogP contribution in [-0.4, -0.2) is 24.3 Å². The van der Waals surface area contributed by atoms with Gasteiger partial charge in [0.05, 0.1) is 5.72 Å². The third-order valence-corrected chi connectivity index (χ3v) is 4.05. The molecule has 20 heavy (non-hydrogen) atoms. The quantitative estimate of drug-likeness (QED) is 0.709. The van der Waals surface area contributed by atoms with Gasteiger partial charge in [-0.25, -0.2) is 0 Å². The summed E-state index contributed by atoms with van der Waals surface area (Å²) < 4.78 is 11.0. The summed E-state index contributed by atoms with van der Waals surface area (Å²) in [5.74, 6) is 1.19. The van der Waals surface area contributed by atoms with Crippen molar-refractivity contribution in [1.82, 2.24) is 0 Å².